The van der Waals surface area contributed by atoms with Crippen LogP contribution in [-0.2, 0) is 0 Å². The second-order valence-electron chi connectivity index (χ2n) is 6.35. The van der Waals surface area contributed by atoms with Crippen LogP contribution in [0.2, 0.25) is 9.40 Å². The standard InChI is InChI=1S/C17H17ClGeN2/c1-10-5-6-12-11-7-8-20-16(18)13(11)9-21-15(12)14(10)19-17(2,3)4/h5-9H,1-4H3. The average molecular weight is 357 g/mol. The molecule has 2 heterocycles. The number of aromatic nitrogens is 2. The van der Waals surface area contributed by atoms with Crippen molar-refractivity contribution in [1.82, 2.24) is 9.97 Å². The van der Waals surface area contributed by atoms with Crippen LogP contribution in [0.3, 0.4) is 0 Å². The molecule has 0 saturated heterocycles. The van der Waals surface area contributed by atoms with Crippen LogP contribution in [-0.4, -0.2) is 25.4 Å². The van der Waals surface area contributed by atoms with Gasteiger partial charge in [0.1, 0.15) is 0 Å². The molecule has 2 nitrogen and oxygen atoms in total. The number of hydrogen-bond donors (Lipinski definition) is 0. The van der Waals surface area contributed by atoms with Crippen LogP contribution in [0.5, 0.6) is 0 Å². The molecule has 106 valence electrons. The van der Waals surface area contributed by atoms with E-state index in [9.17, 15) is 0 Å². The van der Waals surface area contributed by atoms with Crippen LogP contribution >= 0.6 is 11.6 Å². The molecule has 0 bridgehead atoms. The molecule has 0 fully saturated rings. The summed E-state index contributed by atoms with van der Waals surface area (Å²) >= 11 is 5.92. The summed E-state index contributed by atoms with van der Waals surface area (Å²) < 4.78 is 1.81. The van der Waals surface area contributed by atoms with Crippen molar-refractivity contribution in [2.24, 2.45) is 0 Å². The number of fused-ring (bicyclic) bond motifs is 3. The molecule has 0 aliphatic heterocycles. The SMILES string of the molecule is Cc1ccc2c(ncc3c(Cl)nccc32)[c]1[Ge][C](C)(C)C. The van der Waals surface area contributed by atoms with Gasteiger partial charge in [-0.2, -0.15) is 0 Å². The van der Waals surface area contributed by atoms with Gasteiger partial charge >= 0.3 is 136 Å². The molecule has 4 heteroatoms. The maximum absolute atomic E-state index is 6.19. The van der Waals surface area contributed by atoms with Crippen LogP contribution in [0.1, 0.15) is 26.3 Å². The molecule has 1 aromatic carbocycles. The Kier molecular flexibility index (Phi) is 3.70. The molecule has 3 aromatic rings. The van der Waals surface area contributed by atoms with Gasteiger partial charge in [-0.15, -0.1) is 0 Å². The van der Waals surface area contributed by atoms with E-state index >= 15 is 0 Å². The molecule has 2 radical (unpaired) electrons. The monoisotopic (exact) mass is 358 g/mol. The van der Waals surface area contributed by atoms with E-state index in [0.717, 1.165) is 16.3 Å². The first-order valence-electron chi connectivity index (χ1n) is 6.97. The number of benzene rings is 1. The van der Waals surface area contributed by atoms with E-state index in [4.69, 9.17) is 16.6 Å². The van der Waals surface area contributed by atoms with Crippen molar-refractivity contribution in [2.45, 2.75) is 31.9 Å². The van der Waals surface area contributed by atoms with Gasteiger partial charge < -0.3 is 0 Å². The van der Waals surface area contributed by atoms with Crippen LogP contribution in [0.25, 0.3) is 21.7 Å². The van der Waals surface area contributed by atoms with E-state index in [1.54, 1.807) is 6.20 Å². The zero-order valence-corrected chi connectivity index (χ0v) is 15.5. The topological polar surface area (TPSA) is 25.8 Å². The third-order valence-electron chi connectivity index (χ3n) is 3.44. The molecular formula is C17H17ClGeN2. The summed E-state index contributed by atoms with van der Waals surface area (Å²) in [5, 5.41) is 3.78. The van der Waals surface area contributed by atoms with E-state index in [1.165, 1.54) is 15.3 Å². The Hall–Kier alpha value is -1.13. The Morgan fingerprint density at radius 2 is 1.76 bits per heavy atom. The van der Waals surface area contributed by atoms with Crippen LogP contribution in [0, 0.1) is 6.92 Å². The minimum atomic E-state index is -0.269. The van der Waals surface area contributed by atoms with Gasteiger partial charge in [0.05, 0.1) is 0 Å². The summed E-state index contributed by atoms with van der Waals surface area (Å²) in [5.41, 5.74) is 2.49. The molecule has 0 aliphatic rings. The van der Waals surface area contributed by atoms with Gasteiger partial charge in [0.25, 0.3) is 0 Å². The summed E-state index contributed by atoms with van der Waals surface area (Å²) in [6, 6.07) is 6.40. The molecule has 2 aromatic heterocycles. The maximum atomic E-state index is 6.19. The van der Waals surface area contributed by atoms with Crippen molar-refractivity contribution in [1.29, 1.82) is 0 Å². The quantitative estimate of drug-likeness (QED) is 0.369. The number of aryl methyl sites for hydroxylation is 1. The fourth-order valence-corrected chi connectivity index (χ4v) is 5.55. The van der Waals surface area contributed by atoms with Crippen molar-refractivity contribution in [3.8, 4) is 0 Å². The Morgan fingerprint density at radius 1 is 1.00 bits per heavy atom. The molecule has 3 rings (SSSR count). The van der Waals surface area contributed by atoms with Crippen molar-refractivity contribution in [3.63, 3.8) is 0 Å². The van der Waals surface area contributed by atoms with Gasteiger partial charge in [0.2, 0.25) is 0 Å². The van der Waals surface area contributed by atoms with E-state index in [-0.39, 0.29) is 15.4 Å². The van der Waals surface area contributed by atoms with Crippen LogP contribution in [0.4, 0.5) is 0 Å². The number of halogens is 1. The Balaban J connectivity index is 2.37. The molecule has 0 atom stereocenters. The van der Waals surface area contributed by atoms with Crippen molar-refractivity contribution < 1.29 is 0 Å². The first-order valence-corrected chi connectivity index (χ1v) is 9.45. The van der Waals surface area contributed by atoms with Crippen LogP contribution < -0.4 is 4.40 Å². The average Bonchev–Trinajstić information content (AvgIpc) is 2.40. The Morgan fingerprint density at radius 3 is 2.48 bits per heavy atom. The Labute approximate surface area is 136 Å². The first-order chi connectivity index (χ1) is 9.87. The second-order valence-corrected chi connectivity index (χ2v) is 11.4. The molecule has 0 N–H and O–H groups in total. The third-order valence-corrected chi connectivity index (χ3v) is 7.16. The van der Waals surface area contributed by atoms with Gasteiger partial charge in [-0.25, -0.2) is 0 Å². The first kappa shape index (κ1) is 14.8. The van der Waals surface area contributed by atoms with Gasteiger partial charge in [-0.05, 0) is 0 Å². The predicted octanol–water partition coefficient (Wildman–Crippen LogP) is 4.29. The minimum absolute atomic E-state index is 0.269. The van der Waals surface area contributed by atoms with Gasteiger partial charge in [0, 0.05) is 0 Å². The van der Waals surface area contributed by atoms with E-state index in [2.05, 4.69) is 44.8 Å². The number of hydrogen-bond acceptors (Lipinski definition) is 2. The van der Waals surface area contributed by atoms with Crippen molar-refractivity contribution in [2.75, 3.05) is 0 Å². The molecule has 0 spiro atoms. The summed E-state index contributed by atoms with van der Waals surface area (Å²) in [6.45, 7) is 9.13. The third kappa shape index (κ3) is 2.79. The summed E-state index contributed by atoms with van der Waals surface area (Å²) in [6.07, 6.45) is 3.63. The van der Waals surface area contributed by atoms with Gasteiger partial charge in [0.15, 0.2) is 0 Å². The predicted molar refractivity (Wildman–Crippen MR) is 91.9 cm³/mol. The number of rotatable bonds is 1. The van der Waals surface area contributed by atoms with E-state index in [1.807, 2.05) is 12.3 Å². The van der Waals surface area contributed by atoms with E-state index < -0.39 is 0 Å². The summed E-state index contributed by atoms with van der Waals surface area (Å²) in [7, 11) is 0. The van der Waals surface area contributed by atoms with Gasteiger partial charge in [-0.1, -0.05) is 0 Å². The number of nitrogens with zero attached hydrogens (tertiary/aromatic N) is 2. The molecule has 0 saturated carbocycles. The fraction of sp³-hybridized carbons (Fsp3) is 0.294. The fourth-order valence-electron chi connectivity index (χ4n) is 2.51. The molecule has 0 unspecified atom stereocenters. The van der Waals surface area contributed by atoms with Crippen molar-refractivity contribution in [3.05, 3.63) is 41.3 Å². The van der Waals surface area contributed by atoms with Crippen molar-refractivity contribution >= 4 is 53.1 Å². The molecule has 0 amide bonds. The zero-order chi connectivity index (χ0) is 15.2. The Bertz CT molecular complexity index is 837. The summed E-state index contributed by atoms with van der Waals surface area (Å²) in [5.74, 6) is 0. The number of pyridine rings is 2. The molecular weight excluding hydrogens is 340 g/mol. The van der Waals surface area contributed by atoms with Crippen LogP contribution in [0.15, 0.2) is 30.6 Å². The zero-order valence-electron chi connectivity index (χ0n) is 12.7. The molecule has 21 heavy (non-hydrogen) atoms. The normalized spacial score (nSPS) is 12.2. The summed E-state index contributed by atoms with van der Waals surface area (Å²) in [4.78, 5) is 8.87. The van der Waals surface area contributed by atoms with E-state index in [0.29, 0.717) is 9.40 Å². The second kappa shape index (κ2) is 5.25. The van der Waals surface area contributed by atoms with Gasteiger partial charge in [-0.3, -0.25) is 0 Å². The molecule has 0 aliphatic carbocycles.